The standard InChI is InChI=1S/C18H15N3O3S/c19-15(24-16(20)10-18(22)23)9-17-21-13-7-6-12(8-14(13)25-17)11-4-2-1-3-5-11/h1-8,19-20H,9-10H2,(H,22,23). The predicted molar refractivity (Wildman–Crippen MR) is 97.6 cm³/mol. The first kappa shape index (κ1) is 16.8. The molecule has 0 atom stereocenters. The van der Waals surface area contributed by atoms with Crippen LogP contribution < -0.4 is 0 Å². The molecule has 0 bridgehead atoms. The van der Waals surface area contributed by atoms with Crippen molar-refractivity contribution < 1.29 is 14.6 Å². The predicted octanol–water partition coefficient (Wildman–Crippen LogP) is 3.95. The molecule has 3 aromatic rings. The first-order valence-corrected chi connectivity index (χ1v) is 8.32. The molecule has 7 heteroatoms. The highest BCUT2D eigenvalue weighted by molar-refractivity contribution is 7.18. The molecule has 6 nitrogen and oxygen atoms in total. The van der Waals surface area contributed by atoms with Gasteiger partial charge in [-0.05, 0) is 23.3 Å². The van der Waals surface area contributed by atoms with Crippen LogP contribution in [0.5, 0.6) is 0 Å². The van der Waals surface area contributed by atoms with Crippen LogP contribution in [0.4, 0.5) is 0 Å². The van der Waals surface area contributed by atoms with Crippen molar-refractivity contribution in [1.29, 1.82) is 10.8 Å². The number of hydrogen-bond donors (Lipinski definition) is 3. The third kappa shape index (κ3) is 4.27. The van der Waals surface area contributed by atoms with E-state index in [-0.39, 0.29) is 12.3 Å². The van der Waals surface area contributed by atoms with Gasteiger partial charge < -0.3 is 9.84 Å². The molecule has 1 heterocycles. The molecule has 2 aromatic carbocycles. The molecule has 126 valence electrons. The van der Waals surface area contributed by atoms with Crippen LogP contribution in [-0.4, -0.2) is 27.9 Å². The van der Waals surface area contributed by atoms with Crippen LogP contribution in [0, 0.1) is 10.8 Å². The summed E-state index contributed by atoms with van der Waals surface area (Å²) in [5, 5.41) is 24.4. The molecule has 0 aliphatic rings. The van der Waals surface area contributed by atoms with Crippen LogP contribution >= 0.6 is 11.3 Å². The second-order valence-corrected chi connectivity index (χ2v) is 6.47. The van der Waals surface area contributed by atoms with E-state index in [0.717, 1.165) is 21.3 Å². The van der Waals surface area contributed by atoms with Gasteiger partial charge in [0.25, 0.3) is 0 Å². The van der Waals surface area contributed by atoms with Gasteiger partial charge in [-0.2, -0.15) is 0 Å². The van der Waals surface area contributed by atoms with Gasteiger partial charge in [0.15, 0.2) is 11.8 Å². The summed E-state index contributed by atoms with van der Waals surface area (Å²) >= 11 is 1.46. The summed E-state index contributed by atoms with van der Waals surface area (Å²) in [6, 6.07) is 16.0. The van der Waals surface area contributed by atoms with E-state index in [1.165, 1.54) is 11.3 Å². The van der Waals surface area contributed by atoms with Gasteiger partial charge in [0.1, 0.15) is 11.4 Å². The maximum absolute atomic E-state index is 10.5. The first-order chi connectivity index (χ1) is 12.0. The largest absolute Gasteiger partial charge is 0.481 e. The Balaban J connectivity index is 1.74. The van der Waals surface area contributed by atoms with Gasteiger partial charge in [-0.1, -0.05) is 36.4 Å². The number of aromatic nitrogens is 1. The number of thiazole rings is 1. The van der Waals surface area contributed by atoms with E-state index in [9.17, 15) is 4.79 Å². The minimum absolute atomic E-state index is 0.127. The number of carbonyl (C=O) groups is 1. The Morgan fingerprint density at radius 3 is 2.56 bits per heavy atom. The topological polar surface area (TPSA) is 107 Å². The van der Waals surface area contributed by atoms with Crippen LogP contribution in [0.3, 0.4) is 0 Å². The first-order valence-electron chi connectivity index (χ1n) is 7.50. The van der Waals surface area contributed by atoms with Crippen molar-refractivity contribution in [2.45, 2.75) is 12.8 Å². The number of rotatable bonds is 5. The molecular formula is C18H15N3O3S. The van der Waals surface area contributed by atoms with Crippen molar-refractivity contribution in [3.8, 4) is 11.1 Å². The fraction of sp³-hybridized carbons (Fsp3) is 0.111. The lowest BCUT2D eigenvalue weighted by Crippen LogP contribution is -2.16. The number of ether oxygens (including phenoxy) is 1. The number of carboxylic acid groups (broad SMARTS) is 1. The second kappa shape index (κ2) is 7.23. The fourth-order valence-corrected chi connectivity index (χ4v) is 3.36. The summed E-state index contributed by atoms with van der Waals surface area (Å²) in [4.78, 5) is 15.0. The molecule has 0 aliphatic heterocycles. The Labute approximate surface area is 147 Å². The van der Waals surface area contributed by atoms with Crippen LogP contribution in [0.15, 0.2) is 48.5 Å². The molecule has 0 unspecified atom stereocenters. The second-order valence-electron chi connectivity index (χ2n) is 5.35. The van der Waals surface area contributed by atoms with Crippen LogP contribution in [0.25, 0.3) is 21.3 Å². The van der Waals surface area contributed by atoms with Gasteiger partial charge in [0.05, 0.1) is 16.6 Å². The maximum atomic E-state index is 10.5. The maximum Gasteiger partial charge on any atom is 0.312 e. The van der Waals surface area contributed by atoms with Crippen LogP contribution in [0.1, 0.15) is 11.4 Å². The van der Waals surface area contributed by atoms with Gasteiger partial charge in [-0.15, -0.1) is 11.3 Å². The van der Waals surface area contributed by atoms with Gasteiger partial charge in [0.2, 0.25) is 0 Å². The van der Waals surface area contributed by atoms with Crippen molar-refractivity contribution in [3.05, 3.63) is 53.5 Å². The Morgan fingerprint density at radius 1 is 1.08 bits per heavy atom. The zero-order chi connectivity index (χ0) is 17.8. The summed E-state index contributed by atoms with van der Waals surface area (Å²) in [6.07, 6.45) is -0.412. The van der Waals surface area contributed by atoms with Crippen LogP contribution in [-0.2, 0) is 16.0 Å². The van der Waals surface area contributed by atoms with Crippen molar-refractivity contribution in [1.82, 2.24) is 4.98 Å². The van der Waals surface area contributed by atoms with E-state index in [4.69, 9.17) is 20.7 Å². The van der Waals surface area contributed by atoms with Crippen molar-refractivity contribution in [2.75, 3.05) is 0 Å². The molecule has 3 N–H and O–H groups in total. The molecule has 0 fully saturated rings. The van der Waals surface area contributed by atoms with E-state index >= 15 is 0 Å². The van der Waals surface area contributed by atoms with Crippen molar-refractivity contribution >= 4 is 39.3 Å². The van der Waals surface area contributed by atoms with Gasteiger partial charge in [-0.25, -0.2) is 4.98 Å². The summed E-state index contributed by atoms with van der Waals surface area (Å²) in [7, 11) is 0. The molecule has 1 aromatic heterocycles. The number of carboxylic acids is 1. The Bertz CT molecular complexity index is 951. The smallest absolute Gasteiger partial charge is 0.312 e. The molecule has 0 amide bonds. The highest BCUT2D eigenvalue weighted by atomic mass is 32.1. The van der Waals surface area contributed by atoms with Gasteiger partial charge in [0, 0.05) is 0 Å². The van der Waals surface area contributed by atoms with E-state index in [1.54, 1.807) is 0 Å². The lowest BCUT2D eigenvalue weighted by molar-refractivity contribution is -0.135. The average Bonchev–Trinajstić information content (AvgIpc) is 2.95. The molecule has 25 heavy (non-hydrogen) atoms. The zero-order valence-corrected chi connectivity index (χ0v) is 14.0. The quantitative estimate of drug-likeness (QED) is 0.477. The van der Waals surface area contributed by atoms with Gasteiger partial charge >= 0.3 is 5.97 Å². The summed E-state index contributed by atoms with van der Waals surface area (Å²) in [5.74, 6) is -1.80. The number of benzene rings is 2. The minimum atomic E-state index is -1.16. The lowest BCUT2D eigenvalue weighted by atomic mass is 10.1. The monoisotopic (exact) mass is 353 g/mol. The molecule has 0 saturated heterocycles. The Hall–Kier alpha value is -3.06. The molecule has 0 saturated carbocycles. The number of nitrogens with one attached hydrogen (secondary N) is 2. The Morgan fingerprint density at radius 2 is 1.84 bits per heavy atom. The van der Waals surface area contributed by atoms with Crippen molar-refractivity contribution in [3.63, 3.8) is 0 Å². The lowest BCUT2D eigenvalue weighted by Gasteiger charge is -2.04. The molecule has 0 spiro atoms. The van der Waals surface area contributed by atoms with Crippen LogP contribution in [0.2, 0.25) is 0 Å². The van der Waals surface area contributed by atoms with E-state index in [1.807, 2.05) is 42.5 Å². The summed E-state index contributed by atoms with van der Waals surface area (Å²) in [5.41, 5.74) is 3.06. The minimum Gasteiger partial charge on any atom is -0.481 e. The van der Waals surface area contributed by atoms with Crippen molar-refractivity contribution in [2.24, 2.45) is 0 Å². The third-order valence-electron chi connectivity index (χ3n) is 3.41. The number of hydrogen-bond acceptors (Lipinski definition) is 6. The molecule has 0 aliphatic carbocycles. The molecule has 3 rings (SSSR count). The number of aliphatic carboxylic acids is 1. The molecule has 0 radical (unpaired) electrons. The number of fused-ring (bicyclic) bond motifs is 1. The van der Waals surface area contributed by atoms with E-state index in [2.05, 4.69) is 11.1 Å². The number of nitrogens with zero attached hydrogens (tertiary/aromatic N) is 1. The average molecular weight is 353 g/mol. The normalized spacial score (nSPS) is 10.6. The third-order valence-corrected chi connectivity index (χ3v) is 4.43. The van der Waals surface area contributed by atoms with E-state index in [0.29, 0.717) is 5.01 Å². The zero-order valence-electron chi connectivity index (χ0n) is 13.2. The fourth-order valence-electron chi connectivity index (χ4n) is 2.35. The summed E-state index contributed by atoms with van der Waals surface area (Å²) < 4.78 is 5.91. The highest BCUT2D eigenvalue weighted by Crippen LogP contribution is 2.28. The Kier molecular flexibility index (Phi) is 4.85. The molecular weight excluding hydrogens is 338 g/mol. The van der Waals surface area contributed by atoms with Gasteiger partial charge in [-0.3, -0.25) is 15.6 Å². The highest BCUT2D eigenvalue weighted by Gasteiger charge is 2.12. The SMILES string of the molecule is N=C(CC(=O)O)OC(=N)Cc1nc2ccc(-c3ccccc3)cc2s1. The van der Waals surface area contributed by atoms with E-state index < -0.39 is 18.3 Å². The summed E-state index contributed by atoms with van der Waals surface area (Å²) in [6.45, 7) is 0.